The van der Waals surface area contributed by atoms with Gasteiger partial charge in [-0.2, -0.15) is 0 Å². The number of amides is 2. The van der Waals surface area contributed by atoms with Gasteiger partial charge in [-0.3, -0.25) is 19.3 Å². The largest absolute Gasteiger partial charge is 0.481 e. The Morgan fingerprint density at radius 3 is 2.42 bits per heavy atom. The van der Waals surface area contributed by atoms with Gasteiger partial charge < -0.3 is 20.5 Å². The maximum absolute atomic E-state index is 14.4. The van der Waals surface area contributed by atoms with Gasteiger partial charge in [0.15, 0.2) is 0 Å². The Hall–Kier alpha value is -3.01. The van der Waals surface area contributed by atoms with Crippen molar-refractivity contribution >= 4 is 35.1 Å². The van der Waals surface area contributed by atoms with Gasteiger partial charge in [-0.15, -0.1) is 0 Å². The average Bonchev–Trinajstić information content (AvgIpc) is 2.78. The normalized spacial score (nSPS) is 18.2. The predicted octanol–water partition coefficient (Wildman–Crippen LogP) is 3.40. The third-order valence-corrected chi connectivity index (χ3v) is 7.42. The highest BCUT2D eigenvalue weighted by molar-refractivity contribution is 6.31. The van der Waals surface area contributed by atoms with Crippen LogP contribution in [-0.2, 0) is 19.7 Å². The molecule has 36 heavy (non-hydrogen) atoms. The lowest BCUT2D eigenvalue weighted by atomic mass is 9.67. The fourth-order valence-electron chi connectivity index (χ4n) is 5.04. The first-order valence-corrected chi connectivity index (χ1v) is 12.1. The maximum Gasteiger partial charge on any atom is 0.305 e. The molecule has 0 atom stereocenters. The number of nitrogens with one attached hydrogen (secondary N) is 2. The van der Waals surface area contributed by atoms with Crippen molar-refractivity contribution in [1.82, 2.24) is 10.2 Å². The van der Waals surface area contributed by atoms with Gasteiger partial charge in [0.1, 0.15) is 5.82 Å². The Balaban J connectivity index is 1.74. The van der Waals surface area contributed by atoms with Crippen molar-refractivity contribution in [2.24, 2.45) is 0 Å². The SMILES string of the molecule is CNC(=O)c1cc(Cl)c(F)cc1NC(=O)C1(c2ccccc2C(C)C)CN(C2(CC(=O)O)COC2)C1. The number of nitrogens with zero attached hydrogens (tertiary/aromatic N) is 1. The van der Waals surface area contributed by atoms with Gasteiger partial charge in [0, 0.05) is 20.1 Å². The van der Waals surface area contributed by atoms with Crippen LogP contribution in [0.5, 0.6) is 0 Å². The molecule has 2 heterocycles. The Labute approximate surface area is 213 Å². The number of carbonyl (C=O) groups excluding carboxylic acids is 2. The van der Waals surface area contributed by atoms with Gasteiger partial charge in [0.2, 0.25) is 5.91 Å². The van der Waals surface area contributed by atoms with Crippen LogP contribution < -0.4 is 10.6 Å². The summed E-state index contributed by atoms with van der Waals surface area (Å²) in [5.41, 5.74) is 0.123. The number of carboxylic acid groups (broad SMARTS) is 1. The second-order valence-corrected chi connectivity index (χ2v) is 10.2. The molecule has 2 aromatic rings. The third kappa shape index (κ3) is 4.47. The zero-order valence-corrected chi connectivity index (χ0v) is 21.1. The van der Waals surface area contributed by atoms with E-state index in [9.17, 15) is 23.9 Å². The van der Waals surface area contributed by atoms with E-state index < -0.39 is 34.6 Å². The molecule has 4 rings (SSSR count). The Morgan fingerprint density at radius 1 is 1.19 bits per heavy atom. The Morgan fingerprint density at radius 2 is 1.86 bits per heavy atom. The molecule has 2 aromatic carbocycles. The topological polar surface area (TPSA) is 108 Å². The molecule has 10 heteroatoms. The van der Waals surface area contributed by atoms with Crippen LogP contribution in [0, 0.1) is 5.82 Å². The van der Waals surface area contributed by atoms with Crippen LogP contribution in [0.2, 0.25) is 5.02 Å². The summed E-state index contributed by atoms with van der Waals surface area (Å²) < 4.78 is 19.7. The molecule has 0 aromatic heterocycles. The fourth-order valence-corrected chi connectivity index (χ4v) is 5.21. The summed E-state index contributed by atoms with van der Waals surface area (Å²) in [5, 5.41) is 14.5. The molecule has 2 saturated heterocycles. The number of halogens is 2. The summed E-state index contributed by atoms with van der Waals surface area (Å²) in [4.78, 5) is 39.9. The zero-order chi connectivity index (χ0) is 26.3. The van der Waals surface area contributed by atoms with E-state index in [1.54, 1.807) is 0 Å². The summed E-state index contributed by atoms with van der Waals surface area (Å²) in [7, 11) is 1.43. The Kier molecular flexibility index (Phi) is 7.10. The maximum atomic E-state index is 14.4. The van der Waals surface area contributed by atoms with Gasteiger partial charge in [-0.25, -0.2) is 4.39 Å². The molecule has 0 aliphatic carbocycles. The average molecular weight is 518 g/mol. The van der Waals surface area contributed by atoms with Crippen LogP contribution in [0.3, 0.4) is 0 Å². The van der Waals surface area contributed by atoms with Crippen LogP contribution in [0.4, 0.5) is 10.1 Å². The first-order valence-electron chi connectivity index (χ1n) is 11.7. The van der Waals surface area contributed by atoms with Gasteiger partial charge in [0.25, 0.3) is 5.91 Å². The summed E-state index contributed by atoms with van der Waals surface area (Å²) in [5.74, 6) is -2.52. The first kappa shape index (κ1) is 26.1. The van der Waals surface area contributed by atoms with Crippen molar-refractivity contribution in [3.8, 4) is 0 Å². The minimum atomic E-state index is -1.04. The number of rotatable bonds is 8. The molecule has 0 unspecified atom stereocenters. The number of benzene rings is 2. The van der Waals surface area contributed by atoms with Crippen LogP contribution >= 0.6 is 11.6 Å². The molecule has 192 valence electrons. The molecule has 2 fully saturated rings. The number of hydrogen-bond acceptors (Lipinski definition) is 5. The van der Waals surface area contributed by atoms with Gasteiger partial charge in [0.05, 0.1) is 46.9 Å². The molecular weight excluding hydrogens is 489 g/mol. The van der Waals surface area contributed by atoms with Crippen LogP contribution in [-0.4, -0.2) is 66.7 Å². The molecule has 2 aliphatic rings. The van der Waals surface area contributed by atoms with Crippen LogP contribution in [0.1, 0.15) is 47.7 Å². The van der Waals surface area contributed by atoms with Crippen molar-refractivity contribution in [3.05, 3.63) is 63.9 Å². The highest BCUT2D eigenvalue weighted by Crippen LogP contribution is 2.45. The molecule has 0 saturated carbocycles. The molecular formula is C26H29ClFN3O5. The third-order valence-electron chi connectivity index (χ3n) is 7.13. The van der Waals surface area contributed by atoms with Gasteiger partial charge in [-0.05, 0) is 29.2 Å². The minimum absolute atomic E-state index is 0.00771. The lowest BCUT2D eigenvalue weighted by molar-refractivity contribution is -0.191. The van der Waals surface area contributed by atoms with Gasteiger partial charge >= 0.3 is 5.97 Å². The number of carboxylic acids is 1. The fraction of sp³-hybridized carbons (Fsp3) is 0.423. The number of anilines is 1. The van der Waals surface area contributed by atoms with E-state index >= 15 is 0 Å². The van der Waals surface area contributed by atoms with Crippen molar-refractivity contribution in [2.45, 2.75) is 37.1 Å². The van der Waals surface area contributed by atoms with E-state index in [0.29, 0.717) is 0 Å². The second-order valence-electron chi connectivity index (χ2n) is 9.81. The summed E-state index contributed by atoms with van der Waals surface area (Å²) >= 11 is 5.90. The van der Waals surface area contributed by atoms with Crippen LogP contribution in [0.25, 0.3) is 0 Å². The van der Waals surface area contributed by atoms with E-state index in [1.807, 2.05) is 43.0 Å². The van der Waals surface area contributed by atoms with Crippen molar-refractivity contribution < 1.29 is 28.6 Å². The quantitative estimate of drug-likeness (QED) is 0.495. The number of hydrogen-bond donors (Lipinski definition) is 3. The lowest BCUT2D eigenvalue weighted by Crippen LogP contribution is -2.76. The van der Waals surface area contributed by atoms with Crippen molar-refractivity contribution in [1.29, 1.82) is 0 Å². The molecule has 2 amide bonds. The molecule has 0 spiro atoms. The number of carbonyl (C=O) groups is 3. The second kappa shape index (κ2) is 9.80. The summed E-state index contributed by atoms with van der Waals surface area (Å²) in [6.45, 7) is 5.11. The van der Waals surface area contributed by atoms with Crippen molar-refractivity contribution in [3.63, 3.8) is 0 Å². The summed E-state index contributed by atoms with van der Waals surface area (Å²) in [6.07, 6.45) is -0.0975. The molecule has 0 radical (unpaired) electrons. The van der Waals surface area contributed by atoms with E-state index in [4.69, 9.17) is 16.3 Å². The zero-order valence-electron chi connectivity index (χ0n) is 20.4. The standard InChI is InChI=1S/C26H29ClFN3O5/c1-15(2)16-6-4-5-7-18(16)26(11-31(12-26)25(10-22(32)33)13-36-14-25)24(35)30-21-9-20(28)19(27)8-17(21)23(34)29-3/h4-9,15H,10-14H2,1-3H3,(H,29,34)(H,30,35)(H,32,33). The molecule has 8 nitrogen and oxygen atoms in total. The van der Waals surface area contributed by atoms with E-state index in [2.05, 4.69) is 10.6 Å². The molecule has 2 aliphatic heterocycles. The molecule has 0 bridgehead atoms. The highest BCUT2D eigenvalue weighted by Gasteiger charge is 2.60. The summed E-state index contributed by atoms with van der Waals surface area (Å²) in [6, 6.07) is 9.85. The predicted molar refractivity (Wildman–Crippen MR) is 133 cm³/mol. The van der Waals surface area contributed by atoms with Gasteiger partial charge in [-0.1, -0.05) is 49.7 Å². The number of aliphatic carboxylic acids is 1. The monoisotopic (exact) mass is 517 g/mol. The number of ether oxygens (including phenoxy) is 1. The van der Waals surface area contributed by atoms with E-state index in [0.717, 1.165) is 17.2 Å². The first-order chi connectivity index (χ1) is 17.0. The highest BCUT2D eigenvalue weighted by atomic mass is 35.5. The lowest BCUT2D eigenvalue weighted by Gasteiger charge is -2.60. The Bertz CT molecular complexity index is 1210. The number of likely N-dealkylation sites (tertiary alicyclic amines) is 1. The van der Waals surface area contributed by atoms with E-state index in [-0.39, 0.29) is 54.9 Å². The smallest absolute Gasteiger partial charge is 0.305 e. The van der Waals surface area contributed by atoms with Crippen molar-refractivity contribution in [2.75, 3.05) is 38.7 Å². The van der Waals surface area contributed by atoms with Crippen LogP contribution in [0.15, 0.2) is 36.4 Å². The van der Waals surface area contributed by atoms with E-state index in [1.165, 1.54) is 13.1 Å². The minimum Gasteiger partial charge on any atom is -0.481 e. The molecule has 3 N–H and O–H groups in total.